The number of carbonyl (C=O) groups is 1. The lowest BCUT2D eigenvalue weighted by Gasteiger charge is -2.11. The summed E-state index contributed by atoms with van der Waals surface area (Å²) < 4.78 is 23.2. The zero-order valence-electron chi connectivity index (χ0n) is 10.6. The van der Waals surface area contributed by atoms with Crippen LogP contribution in [0, 0.1) is 0 Å². The van der Waals surface area contributed by atoms with E-state index in [0.29, 0.717) is 18.5 Å². The average molecular weight is 282 g/mol. The van der Waals surface area contributed by atoms with E-state index in [1.165, 1.54) is 0 Å². The molecular formula is C13H18N2O3S. The highest BCUT2D eigenvalue weighted by atomic mass is 32.2. The van der Waals surface area contributed by atoms with Crippen molar-refractivity contribution in [1.82, 2.24) is 5.32 Å². The number of anilines is 1. The van der Waals surface area contributed by atoms with Crippen LogP contribution in [0.1, 0.15) is 18.4 Å². The van der Waals surface area contributed by atoms with Gasteiger partial charge < -0.3 is 11.1 Å². The van der Waals surface area contributed by atoms with E-state index in [0.717, 1.165) is 5.56 Å². The third-order valence-corrected chi connectivity index (χ3v) is 5.58. The summed E-state index contributed by atoms with van der Waals surface area (Å²) in [4.78, 5) is 11.7. The van der Waals surface area contributed by atoms with Gasteiger partial charge in [0.15, 0.2) is 9.84 Å². The first-order valence-corrected chi connectivity index (χ1v) is 8.01. The molecule has 6 heteroatoms. The van der Waals surface area contributed by atoms with Gasteiger partial charge in [-0.2, -0.15) is 0 Å². The molecule has 1 aliphatic heterocycles. The smallest absolute Gasteiger partial charge is 0.224 e. The largest absolute Gasteiger partial charge is 0.399 e. The fraction of sp³-hybridized carbons (Fsp3) is 0.462. The molecule has 1 heterocycles. The van der Waals surface area contributed by atoms with Crippen LogP contribution in [-0.4, -0.2) is 31.9 Å². The first kappa shape index (κ1) is 13.9. The van der Waals surface area contributed by atoms with Gasteiger partial charge in [-0.1, -0.05) is 12.1 Å². The molecule has 1 aliphatic rings. The van der Waals surface area contributed by atoms with Gasteiger partial charge in [0, 0.05) is 12.2 Å². The number of hydrogen-bond acceptors (Lipinski definition) is 4. The lowest BCUT2D eigenvalue weighted by atomic mass is 10.1. The van der Waals surface area contributed by atoms with E-state index in [1.807, 2.05) is 6.07 Å². The molecule has 1 unspecified atom stereocenters. The van der Waals surface area contributed by atoms with Gasteiger partial charge in [0.1, 0.15) is 0 Å². The Morgan fingerprint density at radius 2 is 2.21 bits per heavy atom. The number of sulfone groups is 1. The molecule has 19 heavy (non-hydrogen) atoms. The van der Waals surface area contributed by atoms with Crippen LogP contribution in [0.3, 0.4) is 0 Å². The van der Waals surface area contributed by atoms with Gasteiger partial charge in [0.25, 0.3) is 0 Å². The number of nitrogens with one attached hydrogen (secondary N) is 1. The number of hydrogen-bond donors (Lipinski definition) is 2. The second-order valence-corrected chi connectivity index (χ2v) is 7.26. The van der Waals surface area contributed by atoms with Crippen LogP contribution in [0.25, 0.3) is 0 Å². The number of amides is 1. The monoisotopic (exact) mass is 282 g/mol. The summed E-state index contributed by atoms with van der Waals surface area (Å²) >= 11 is 0. The molecule has 3 N–H and O–H groups in total. The lowest BCUT2D eigenvalue weighted by Crippen LogP contribution is -2.35. The van der Waals surface area contributed by atoms with Crippen LogP contribution >= 0.6 is 0 Å². The van der Waals surface area contributed by atoms with Crippen molar-refractivity contribution in [2.45, 2.75) is 24.5 Å². The summed E-state index contributed by atoms with van der Waals surface area (Å²) in [5, 5.41) is 2.27. The van der Waals surface area contributed by atoms with Crippen molar-refractivity contribution in [3.8, 4) is 0 Å². The predicted octanol–water partition coefficient (Wildman–Crippen LogP) is 0.505. The molecular weight excluding hydrogens is 264 g/mol. The minimum absolute atomic E-state index is 0.173. The molecule has 0 saturated carbocycles. The van der Waals surface area contributed by atoms with Crippen LogP contribution in [0.15, 0.2) is 24.3 Å². The highest BCUT2D eigenvalue weighted by Crippen LogP contribution is 2.19. The Kier molecular flexibility index (Phi) is 4.09. The highest BCUT2D eigenvalue weighted by molar-refractivity contribution is 7.92. The Bertz CT molecular complexity index is 569. The van der Waals surface area contributed by atoms with Crippen molar-refractivity contribution < 1.29 is 13.2 Å². The van der Waals surface area contributed by atoms with Crippen molar-refractivity contribution >= 4 is 21.4 Å². The summed E-state index contributed by atoms with van der Waals surface area (Å²) in [5.41, 5.74) is 7.07. The molecule has 5 nitrogen and oxygen atoms in total. The maximum Gasteiger partial charge on any atom is 0.224 e. The second kappa shape index (κ2) is 5.61. The van der Waals surface area contributed by atoms with Gasteiger partial charge in [-0.15, -0.1) is 0 Å². The van der Waals surface area contributed by atoms with Crippen molar-refractivity contribution in [2.75, 3.05) is 18.0 Å². The maximum absolute atomic E-state index is 11.7. The number of benzene rings is 1. The van der Waals surface area contributed by atoms with Crippen LogP contribution in [0.2, 0.25) is 0 Å². The Labute approximate surface area is 113 Å². The molecule has 0 aliphatic carbocycles. The molecule has 2 rings (SSSR count). The topological polar surface area (TPSA) is 89.3 Å². The van der Waals surface area contributed by atoms with Crippen LogP contribution < -0.4 is 11.1 Å². The summed E-state index contributed by atoms with van der Waals surface area (Å²) in [7, 11) is -3.00. The molecule has 1 aromatic carbocycles. The zero-order valence-corrected chi connectivity index (χ0v) is 11.4. The third-order valence-electron chi connectivity index (χ3n) is 3.31. The molecule has 0 radical (unpaired) electrons. The van der Waals surface area contributed by atoms with Crippen molar-refractivity contribution in [1.29, 1.82) is 0 Å². The Morgan fingerprint density at radius 1 is 1.42 bits per heavy atom. The maximum atomic E-state index is 11.7. The van der Waals surface area contributed by atoms with E-state index in [9.17, 15) is 13.2 Å². The molecule has 1 saturated heterocycles. The van der Waals surface area contributed by atoms with Gasteiger partial charge >= 0.3 is 0 Å². The summed E-state index contributed by atoms with van der Waals surface area (Å²) in [6.45, 7) is 0.212. The van der Waals surface area contributed by atoms with E-state index in [-0.39, 0.29) is 24.6 Å². The van der Waals surface area contributed by atoms with Crippen molar-refractivity contribution in [2.24, 2.45) is 0 Å². The molecule has 1 amide bonds. The third kappa shape index (κ3) is 3.70. The lowest BCUT2D eigenvalue weighted by molar-refractivity contribution is -0.120. The number of nitrogen functional groups attached to an aromatic ring is 1. The van der Waals surface area contributed by atoms with E-state index in [1.54, 1.807) is 18.2 Å². The quantitative estimate of drug-likeness (QED) is 0.787. The van der Waals surface area contributed by atoms with Crippen molar-refractivity contribution in [3.05, 3.63) is 29.8 Å². The normalized spacial score (nSPS) is 21.2. The molecule has 1 aromatic rings. The van der Waals surface area contributed by atoms with Gasteiger partial charge in [-0.25, -0.2) is 8.42 Å². The van der Waals surface area contributed by atoms with E-state index >= 15 is 0 Å². The molecule has 1 atom stereocenters. The average Bonchev–Trinajstić information content (AvgIpc) is 2.66. The highest BCUT2D eigenvalue weighted by Gasteiger charge is 2.31. The summed E-state index contributed by atoms with van der Waals surface area (Å²) in [6.07, 6.45) is 1.55. The minimum atomic E-state index is -3.00. The van der Waals surface area contributed by atoms with Crippen LogP contribution in [0.4, 0.5) is 5.69 Å². The number of carbonyl (C=O) groups excluding carboxylic acids is 1. The molecule has 0 bridgehead atoms. The Balaban J connectivity index is 1.85. The van der Waals surface area contributed by atoms with Gasteiger partial charge in [-0.05, 0) is 30.5 Å². The van der Waals surface area contributed by atoms with Crippen LogP contribution in [-0.2, 0) is 21.1 Å². The number of nitrogens with two attached hydrogens (primary N) is 1. The molecule has 104 valence electrons. The first-order chi connectivity index (χ1) is 8.97. The van der Waals surface area contributed by atoms with Crippen molar-refractivity contribution in [3.63, 3.8) is 0 Å². The summed E-state index contributed by atoms with van der Waals surface area (Å²) in [6, 6.07) is 7.11. The minimum Gasteiger partial charge on any atom is -0.399 e. The van der Waals surface area contributed by atoms with Gasteiger partial charge in [0.05, 0.1) is 17.4 Å². The molecule has 1 fully saturated rings. The van der Waals surface area contributed by atoms with Crippen LogP contribution in [0.5, 0.6) is 0 Å². The van der Waals surface area contributed by atoms with E-state index in [2.05, 4.69) is 5.32 Å². The molecule has 0 aromatic heterocycles. The van der Waals surface area contributed by atoms with E-state index in [4.69, 9.17) is 5.73 Å². The Morgan fingerprint density at radius 3 is 2.84 bits per heavy atom. The SMILES string of the molecule is Nc1cccc(CC(=O)NCC2CCCS2(=O)=O)c1. The van der Waals surface area contributed by atoms with Gasteiger partial charge in [-0.3, -0.25) is 4.79 Å². The zero-order chi connectivity index (χ0) is 13.9. The standard InChI is InChI=1S/C13H18N2O3S/c14-11-4-1-3-10(7-11)8-13(16)15-9-12-5-2-6-19(12,17)18/h1,3-4,7,12H,2,5-6,8-9,14H2,(H,15,16). The van der Waals surface area contributed by atoms with Gasteiger partial charge in [0.2, 0.25) is 5.91 Å². The first-order valence-electron chi connectivity index (χ1n) is 6.30. The van der Waals surface area contributed by atoms with E-state index < -0.39 is 15.1 Å². The second-order valence-electron chi connectivity index (χ2n) is 4.86. The Hall–Kier alpha value is -1.56. The summed E-state index contributed by atoms with van der Waals surface area (Å²) in [5.74, 6) is 0.0654. The predicted molar refractivity (Wildman–Crippen MR) is 74.4 cm³/mol. The molecule has 0 spiro atoms. The number of rotatable bonds is 4. The fourth-order valence-corrected chi connectivity index (χ4v) is 4.03. The fourth-order valence-electron chi connectivity index (χ4n) is 2.27.